The lowest BCUT2D eigenvalue weighted by Gasteiger charge is -2.15. The molecule has 3 rings (SSSR count). The zero-order valence-corrected chi connectivity index (χ0v) is 23.2. The Morgan fingerprint density at radius 2 is 1.69 bits per heavy atom. The number of rotatable bonds is 8. The number of ether oxygens (including phenoxy) is 2. The Bertz CT molecular complexity index is 1300. The van der Waals surface area contributed by atoms with E-state index in [0.29, 0.717) is 48.8 Å². The summed E-state index contributed by atoms with van der Waals surface area (Å²) in [6, 6.07) is 13.0. The van der Waals surface area contributed by atoms with E-state index >= 15 is 0 Å². The number of amides is 2. The van der Waals surface area contributed by atoms with Crippen molar-refractivity contribution in [3.63, 3.8) is 0 Å². The number of nitrogens with zero attached hydrogens (tertiary/aromatic N) is 1. The molecule has 2 amide bonds. The average molecular weight is 634 g/mol. The second-order valence-corrected chi connectivity index (χ2v) is 9.54. The van der Waals surface area contributed by atoms with Gasteiger partial charge < -0.3 is 14.8 Å². The molecule has 0 bridgehead atoms. The number of anilines is 1. The zero-order valence-electron chi connectivity index (χ0n) is 18.6. The second kappa shape index (κ2) is 13.2. The number of halogens is 5. The first-order valence-corrected chi connectivity index (χ1v) is 12.6. The van der Waals surface area contributed by atoms with Crippen molar-refractivity contribution in [3.8, 4) is 11.5 Å². The van der Waals surface area contributed by atoms with Gasteiger partial charge in [0.2, 0.25) is 0 Å². The topological polar surface area (TPSA) is 89.0 Å². The maximum atomic E-state index is 12.1. The summed E-state index contributed by atoms with van der Waals surface area (Å²) in [5.41, 5.74) is 3.56. The summed E-state index contributed by atoms with van der Waals surface area (Å²) in [6.07, 6.45) is 1.35. The van der Waals surface area contributed by atoms with Gasteiger partial charge in [-0.15, -0.1) is 0 Å². The molecular formula is C24H18BrCl4N3O4. The maximum absolute atomic E-state index is 12.1. The summed E-state index contributed by atoms with van der Waals surface area (Å²) in [5, 5.41) is 7.76. The third-order valence-electron chi connectivity index (χ3n) is 4.52. The van der Waals surface area contributed by atoms with Gasteiger partial charge in [-0.25, -0.2) is 5.43 Å². The summed E-state index contributed by atoms with van der Waals surface area (Å²) in [5.74, 6) is -1.10. The van der Waals surface area contributed by atoms with E-state index in [1.54, 1.807) is 36.4 Å². The Morgan fingerprint density at radius 3 is 2.39 bits per heavy atom. The van der Waals surface area contributed by atoms with Crippen LogP contribution in [-0.2, 0) is 16.2 Å². The monoisotopic (exact) mass is 631 g/mol. The molecule has 0 radical (unpaired) electrons. The zero-order chi connectivity index (χ0) is 26.2. The first-order chi connectivity index (χ1) is 17.2. The number of nitrogens with one attached hydrogen (secondary N) is 2. The van der Waals surface area contributed by atoms with Gasteiger partial charge in [-0.2, -0.15) is 5.10 Å². The molecule has 0 aliphatic carbocycles. The third-order valence-corrected chi connectivity index (χ3v) is 6.38. The second-order valence-electron chi connectivity index (χ2n) is 7.03. The molecule has 0 aromatic heterocycles. The van der Waals surface area contributed by atoms with E-state index in [1.165, 1.54) is 18.3 Å². The van der Waals surface area contributed by atoms with Gasteiger partial charge in [0.05, 0.1) is 28.0 Å². The van der Waals surface area contributed by atoms with Crippen LogP contribution in [-0.4, -0.2) is 24.6 Å². The number of hydrogen-bond acceptors (Lipinski definition) is 5. The van der Waals surface area contributed by atoms with Crippen molar-refractivity contribution in [3.05, 3.63) is 84.2 Å². The SMILES string of the molecule is CCOc1cc(/C=N/NC(=O)C(=O)Nc2cc(Cl)ccc2Cl)cc(Br)c1OCc1c(Cl)cccc1Cl. The van der Waals surface area contributed by atoms with Crippen molar-refractivity contribution < 1.29 is 19.1 Å². The Balaban J connectivity index is 1.69. The minimum Gasteiger partial charge on any atom is -0.490 e. The lowest BCUT2D eigenvalue weighted by Crippen LogP contribution is -2.32. The summed E-state index contributed by atoms with van der Waals surface area (Å²) in [6.45, 7) is 2.32. The van der Waals surface area contributed by atoms with E-state index < -0.39 is 11.8 Å². The van der Waals surface area contributed by atoms with Gasteiger partial charge in [0.1, 0.15) is 6.61 Å². The smallest absolute Gasteiger partial charge is 0.329 e. The highest BCUT2D eigenvalue weighted by molar-refractivity contribution is 9.10. The molecule has 3 aromatic rings. The van der Waals surface area contributed by atoms with Crippen molar-refractivity contribution in [2.75, 3.05) is 11.9 Å². The number of carbonyl (C=O) groups excluding carboxylic acids is 2. The fourth-order valence-corrected chi connectivity index (χ4v) is 4.29. The molecule has 0 aliphatic rings. The predicted octanol–water partition coefficient (Wildman–Crippen LogP) is 7.13. The van der Waals surface area contributed by atoms with Gasteiger partial charge in [-0.3, -0.25) is 9.59 Å². The minimum absolute atomic E-state index is 0.117. The van der Waals surface area contributed by atoms with Crippen LogP contribution >= 0.6 is 62.3 Å². The minimum atomic E-state index is -0.997. The summed E-state index contributed by atoms with van der Waals surface area (Å²) in [7, 11) is 0. The molecule has 3 aromatic carbocycles. The average Bonchev–Trinajstić information content (AvgIpc) is 2.82. The van der Waals surface area contributed by atoms with Gasteiger partial charge in [-0.05, 0) is 70.9 Å². The summed E-state index contributed by atoms with van der Waals surface area (Å²) >= 11 is 27.8. The highest BCUT2D eigenvalue weighted by Crippen LogP contribution is 2.38. The van der Waals surface area contributed by atoms with Crippen LogP contribution in [0.4, 0.5) is 5.69 Å². The van der Waals surface area contributed by atoms with Gasteiger partial charge in [-0.1, -0.05) is 52.5 Å². The maximum Gasteiger partial charge on any atom is 0.329 e. The molecule has 7 nitrogen and oxygen atoms in total. The van der Waals surface area contributed by atoms with Crippen molar-refractivity contribution in [2.45, 2.75) is 13.5 Å². The van der Waals surface area contributed by atoms with Crippen LogP contribution in [0.2, 0.25) is 20.1 Å². The Labute approximate surface area is 235 Å². The number of hydrazone groups is 1. The van der Waals surface area contributed by atoms with E-state index in [9.17, 15) is 9.59 Å². The van der Waals surface area contributed by atoms with E-state index in [4.69, 9.17) is 55.9 Å². The Kier molecular flexibility index (Phi) is 10.3. The Morgan fingerprint density at radius 1 is 0.972 bits per heavy atom. The van der Waals surface area contributed by atoms with Crippen molar-refractivity contribution >= 4 is 86.1 Å². The van der Waals surface area contributed by atoms with Crippen molar-refractivity contribution in [1.29, 1.82) is 0 Å². The van der Waals surface area contributed by atoms with Crippen LogP contribution in [0, 0.1) is 0 Å². The molecule has 0 heterocycles. The van der Waals surface area contributed by atoms with E-state index in [0.717, 1.165) is 0 Å². The third kappa shape index (κ3) is 7.51. The quantitative estimate of drug-likeness (QED) is 0.157. The van der Waals surface area contributed by atoms with Gasteiger partial charge in [0, 0.05) is 20.6 Å². The molecule has 0 spiro atoms. The van der Waals surface area contributed by atoms with Gasteiger partial charge in [0.15, 0.2) is 11.5 Å². The van der Waals surface area contributed by atoms with Crippen LogP contribution in [0.25, 0.3) is 0 Å². The fraction of sp³-hybridized carbons (Fsp3) is 0.125. The molecule has 36 heavy (non-hydrogen) atoms. The van der Waals surface area contributed by atoms with Crippen LogP contribution in [0.5, 0.6) is 11.5 Å². The molecule has 0 atom stereocenters. The molecule has 0 saturated carbocycles. The largest absolute Gasteiger partial charge is 0.490 e. The van der Waals surface area contributed by atoms with Crippen molar-refractivity contribution in [2.24, 2.45) is 5.10 Å². The Hall–Kier alpha value is -2.49. The molecule has 0 unspecified atom stereocenters. The van der Waals surface area contributed by atoms with E-state index in [1.807, 2.05) is 6.92 Å². The van der Waals surface area contributed by atoms with Crippen molar-refractivity contribution in [1.82, 2.24) is 5.43 Å². The van der Waals surface area contributed by atoms with Crippen LogP contribution in [0.3, 0.4) is 0 Å². The van der Waals surface area contributed by atoms with Crippen LogP contribution in [0.1, 0.15) is 18.1 Å². The highest BCUT2D eigenvalue weighted by atomic mass is 79.9. The predicted molar refractivity (Wildman–Crippen MR) is 147 cm³/mol. The molecular weight excluding hydrogens is 616 g/mol. The number of carbonyl (C=O) groups is 2. The molecule has 12 heteroatoms. The van der Waals surface area contributed by atoms with Crippen LogP contribution < -0.4 is 20.2 Å². The fourth-order valence-electron chi connectivity index (χ4n) is 2.87. The lowest BCUT2D eigenvalue weighted by atomic mass is 10.2. The highest BCUT2D eigenvalue weighted by Gasteiger charge is 2.16. The molecule has 0 aliphatic heterocycles. The molecule has 2 N–H and O–H groups in total. The normalized spacial score (nSPS) is 10.8. The van der Waals surface area contributed by atoms with Gasteiger partial charge >= 0.3 is 11.8 Å². The first kappa shape index (κ1) is 28.1. The van der Waals surface area contributed by atoms with Gasteiger partial charge in [0.25, 0.3) is 0 Å². The molecule has 0 saturated heterocycles. The van der Waals surface area contributed by atoms with E-state index in [2.05, 4.69) is 31.8 Å². The number of hydrogen-bond donors (Lipinski definition) is 2. The van der Waals surface area contributed by atoms with E-state index in [-0.39, 0.29) is 17.3 Å². The standard InChI is InChI=1S/C24H18BrCl4N3O4/c1-2-35-21-9-13(8-16(25)22(21)36-12-15-17(27)4-3-5-18(15)28)11-30-32-24(34)23(33)31-20-10-14(26)6-7-19(20)29/h3-11H,2,12H2,1H3,(H,31,33)(H,32,34)/b30-11+. The first-order valence-electron chi connectivity index (χ1n) is 10.3. The molecule has 0 fully saturated rings. The lowest BCUT2D eigenvalue weighted by molar-refractivity contribution is -0.136. The summed E-state index contributed by atoms with van der Waals surface area (Å²) < 4.78 is 12.2. The summed E-state index contributed by atoms with van der Waals surface area (Å²) in [4.78, 5) is 24.2. The number of benzene rings is 3. The van der Waals surface area contributed by atoms with Crippen LogP contribution in [0.15, 0.2) is 58.1 Å². The molecule has 188 valence electrons.